The molecule has 104 valence electrons. The quantitative estimate of drug-likeness (QED) is 0.740. The predicted molar refractivity (Wildman–Crippen MR) is 82.2 cm³/mol. The second-order valence-electron chi connectivity index (χ2n) is 6.61. The first-order valence-electron chi connectivity index (χ1n) is 7.10. The number of allylic oxidation sites excluding steroid dienone is 1. The van der Waals surface area contributed by atoms with Crippen LogP contribution in [0, 0.1) is 17.3 Å². The molecule has 0 amide bonds. The van der Waals surface area contributed by atoms with E-state index in [0.29, 0.717) is 11.8 Å². The number of nitrogens with zero attached hydrogens (tertiary/aromatic N) is 3. The molecule has 0 aromatic rings. The summed E-state index contributed by atoms with van der Waals surface area (Å²) in [6, 6.07) is 0. The lowest BCUT2D eigenvalue weighted by Crippen LogP contribution is -2.35. The molecule has 2 unspecified atom stereocenters. The van der Waals surface area contributed by atoms with Crippen molar-refractivity contribution in [3.63, 3.8) is 0 Å². The highest BCUT2D eigenvalue weighted by atomic mass is 15.5. The zero-order valence-electron chi connectivity index (χ0n) is 12.9. The van der Waals surface area contributed by atoms with Gasteiger partial charge in [-0.25, -0.2) is 5.01 Å². The topological polar surface area (TPSA) is 28.0 Å². The molecule has 2 rings (SSSR count). The lowest BCUT2D eigenvalue weighted by Gasteiger charge is -2.32. The van der Waals surface area contributed by atoms with Crippen molar-refractivity contribution < 1.29 is 0 Å². The molecule has 2 aliphatic heterocycles. The summed E-state index contributed by atoms with van der Waals surface area (Å²) < 4.78 is 0. The van der Waals surface area contributed by atoms with Crippen LogP contribution < -0.4 is 0 Å². The summed E-state index contributed by atoms with van der Waals surface area (Å²) in [7, 11) is 0. The van der Waals surface area contributed by atoms with Crippen molar-refractivity contribution in [3.05, 3.63) is 24.4 Å². The summed E-state index contributed by atoms with van der Waals surface area (Å²) in [6.07, 6.45) is 10.5. The number of hydrogen-bond acceptors (Lipinski definition) is 3. The fourth-order valence-electron chi connectivity index (χ4n) is 1.99. The Hall–Kier alpha value is -1.38. The summed E-state index contributed by atoms with van der Waals surface area (Å²) in [5.41, 5.74) is -0.147. The van der Waals surface area contributed by atoms with Gasteiger partial charge < -0.3 is 0 Å². The van der Waals surface area contributed by atoms with Crippen LogP contribution >= 0.6 is 0 Å². The van der Waals surface area contributed by atoms with Crippen LogP contribution in [0.2, 0.25) is 0 Å². The summed E-state index contributed by atoms with van der Waals surface area (Å²) in [6.45, 7) is 13.2. The van der Waals surface area contributed by atoms with E-state index in [1.807, 2.05) is 17.4 Å². The normalized spacial score (nSPS) is 33.7. The van der Waals surface area contributed by atoms with E-state index < -0.39 is 0 Å². The molecular formula is C16H25N3. The second kappa shape index (κ2) is 4.62. The van der Waals surface area contributed by atoms with Gasteiger partial charge in [0.1, 0.15) is 5.84 Å². The highest BCUT2D eigenvalue weighted by Crippen LogP contribution is 2.32. The molecular weight excluding hydrogens is 234 g/mol. The van der Waals surface area contributed by atoms with Crippen LogP contribution in [0.5, 0.6) is 0 Å². The SMILES string of the molecule is CC(C)C1(C)C=CC2=NC(C)(C(C)C)C=CN2N=C1. The van der Waals surface area contributed by atoms with E-state index >= 15 is 0 Å². The van der Waals surface area contributed by atoms with Gasteiger partial charge in [-0.05, 0) is 30.9 Å². The van der Waals surface area contributed by atoms with Gasteiger partial charge in [-0.15, -0.1) is 0 Å². The number of amidine groups is 1. The average Bonchev–Trinajstić information content (AvgIpc) is 2.50. The van der Waals surface area contributed by atoms with Gasteiger partial charge in [0.05, 0.1) is 5.54 Å². The van der Waals surface area contributed by atoms with Gasteiger partial charge in [0.2, 0.25) is 0 Å². The van der Waals surface area contributed by atoms with Gasteiger partial charge in [0.15, 0.2) is 0 Å². The highest BCUT2D eigenvalue weighted by Gasteiger charge is 2.31. The van der Waals surface area contributed by atoms with Crippen molar-refractivity contribution in [2.24, 2.45) is 27.3 Å². The maximum Gasteiger partial charge on any atom is 0.149 e. The second-order valence-corrected chi connectivity index (χ2v) is 6.61. The van der Waals surface area contributed by atoms with Crippen LogP contribution in [0.25, 0.3) is 0 Å². The Kier molecular flexibility index (Phi) is 3.41. The van der Waals surface area contributed by atoms with E-state index in [0.717, 1.165) is 5.84 Å². The van der Waals surface area contributed by atoms with Gasteiger partial charge in [0.25, 0.3) is 0 Å². The van der Waals surface area contributed by atoms with Crippen molar-refractivity contribution >= 4 is 12.1 Å². The standard InChI is InChI=1S/C16H25N3/c1-12(2)15(5)8-7-14-18-16(6,13(3)4)9-10-19(14)17-11-15/h7-13H,1-6H3. The summed E-state index contributed by atoms with van der Waals surface area (Å²) in [5.74, 6) is 1.91. The molecule has 2 aliphatic rings. The van der Waals surface area contributed by atoms with Gasteiger partial charge in [-0.3, -0.25) is 4.99 Å². The molecule has 0 aliphatic carbocycles. The molecule has 19 heavy (non-hydrogen) atoms. The number of rotatable bonds is 2. The number of aliphatic imine (C=N–C) groups is 1. The Labute approximate surface area is 116 Å². The van der Waals surface area contributed by atoms with Gasteiger partial charge in [-0.1, -0.05) is 40.7 Å². The smallest absolute Gasteiger partial charge is 0.149 e. The maximum absolute atomic E-state index is 4.88. The first kappa shape index (κ1) is 14.0. The monoisotopic (exact) mass is 259 g/mol. The third kappa shape index (κ3) is 2.51. The van der Waals surface area contributed by atoms with Crippen molar-refractivity contribution in [1.82, 2.24) is 5.01 Å². The van der Waals surface area contributed by atoms with E-state index in [-0.39, 0.29) is 11.0 Å². The number of hydrogen-bond donors (Lipinski definition) is 0. The maximum atomic E-state index is 4.88. The molecule has 0 bridgehead atoms. The van der Waals surface area contributed by atoms with E-state index in [4.69, 9.17) is 4.99 Å². The minimum Gasteiger partial charge on any atom is -0.256 e. The van der Waals surface area contributed by atoms with Crippen molar-refractivity contribution in [1.29, 1.82) is 0 Å². The largest absolute Gasteiger partial charge is 0.256 e. The fraction of sp³-hybridized carbons (Fsp3) is 0.625. The molecule has 0 radical (unpaired) electrons. The molecule has 0 N–H and O–H groups in total. The highest BCUT2D eigenvalue weighted by molar-refractivity contribution is 5.96. The van der Waals surface area contributed by atoms with Crippen LogP contribution in [0.4, 0.5) is 0 Å². The molecule has 0 saturated heterocycles. The molecule has 2 heterocycles. The summed E-state index contributed by atoms with van der Waals surface area (Å²) in [4.78, 5) is 4.88. The lowest BCUT2D eigenvalue weighted by atomic mass is 9.80. The third-order valence-corrected chi connectivity index (χ3v) is 4.61. The predicted octanol–water partition coefficient (Wildman–Crippen LogP) is 3.85. The molecule has 0 aromatic carbocycles. The summed E-state index contributed by atoms with van der Waals surface area (Å²) in [5, 5.41) is 6.44. The van der Waals surface area contributed by atoms with E-state index in [1.54, 1.807) is 0 Å². The van der Waals surface area contributed by atoms with Gasteiger partial charge >= 0.3 is 0 Å². The zero-order valence-corrected chi connectivity index (χ0v) is 12.9. The van der Waals surface area contributed by atoms with Crippen molar-refractivity contribution in [3.8, 4) is 0 Å². The van der Waals surface area contributed by atoms with Gasteiger partial charge in [-0.2, -0.15) is 5.10 Å². The minimum absolute atomic E-state index is 0.0120. The average molecular weight is 259 g/mol. The van der Waals surface area contributed by atoms with Crippen LogP contribution in [-0.4, -0.2) is 22.6 Å². The van der Waals surface area contributed by atoms with Crippen LogP contribution in [0.15, 0.2) is 34.5 Å². The first-order valence-corrected chi connectivity index (χ1v) is 7.10. The van der Waals surface area contributed by atoms with Crippen LogP contribution in [0.1, 0.15) is 41.5 Å². The minimum atomic E-state index is -0.135. The number of hydrazone groups is 1. The Morgan fingerprint density at radius 3 is 2.32 bits per heavy atom. The molecule has 2 atom stereocenters. The molecule has 3 nitrogen and oxygen atoms in total. The third-order valence-electron chi connectivity index (χ3n) is 4.61. The lowest BCUT2D eigenvalue weighted by molar-refractivity contribution is 0.395. The Bertz CT molecular complexity index is 462. The van der Waals surface area contributed by atoms with E-state index in [9.17, 15) is 0 Å². The molecule has 0 aromatic heterocycles. The van der Waals surface area contributed by atoms with Crippen LogP contribution in [0.3, 0.4) is 0 Å². The Morgan fingerprint density at radius 1 is 1.05 bits per heavy atom. The Morgan fingerprint density at radius 2 is 1.74 bits per heavy atom. The molecule has 0 spiro atoms. The van der Waals surface area contributed by atoms with Crippen molar-refractivity contribution in [2.45, 2.75) is 47.1 Å². The van der Waals surface area contributed by atoms with E-state index in [1.165, 1.54) is 0 Å². The van der Waals surface area contributed by atoms with Gasteiger partial charge in [0, 0.05) is 17.8 Å². The van der Waals surface area contributed by atoms with Crippen LogP contribution in [-0.2, 0) is 0 Å². The van der Waals surface area contributed by atoms with Crippen molar-refractivity contribution in [2.75, 3.05) is 0 Å². The number of fused-ring (bicyclic) bond motifs is 1. The summed E-state index contributed by atoms with van der Waals surface area (Å²) >= 11 is 0. The zero-order chi connectivity index (χ0) is 14.3. The molecule has 0 saturated carbocycles. The molecule has 3 heteroatoms. The van der Waals surface area contributed by atoms with E-state index in [2.05, 4.69) is 64.9 Å². The first-order chi connectivity index (χ1) is 8.77. The molecule has 0 fully saturated rings. The Balaban J connectivity index is 2.39. The fourth-order valence-corrected chi connectivity index (χ4v) is 1.99.